The molecule has 18 heavy (non-hydrogen) atoms. The number of imidazole rings is 1. The zero-order valence-electron chi connectivity index (χ0n) is 9.50. The van der Waals surface area contributed by atoms with E-state index in [0.717, 1.165) is 0 Å². The van der Waals surface area contributed by atoms with Gasteiger partial charge in [-0.15, -0.1) is 0 Å². The minimum absolute atomic E-state index is 0.152. The Labute approximate surface area is 107 Å². The number of carbonyl (C=O) groups is 1. The van der Waals surface area contributed by atoms with Crippen molar-refractivity contribution >= 4 is 17.6 Å². The van der Waals surface area contributed by atoms with Crippen molar-refractivity contribution in [2.45, 2.75) is 13.3 Å². The maximum atomic E-state index is 13.7. The number of nitrogens with one attached hydrogen (secondary N) is 1. The predicted molar refractivity (Wildman–Crippen MR) is 65.1 cm³/mol. The maximum Gasteiger partial charge on any atom is 0.309 e. The molecule has 0 atom stereocenters. The summed E-state index contributed by atoms with van der Waals surface area (Å²) in [7, 11) is 0. The van der Waals surface area contributed by atoms with Crippen LogP contribution < -0.4 is 0 Å². The molecule has 0 aliphatic rings. The summed E-state index contributed by atoms with van der Waals surface area (Å²) in [6, 6.07) is 4.32. The zero-order chi connectivity index (χ0) is 13.3. The van der Waals surface area contributed by atoms with Crippen molar-refractivity contribution in [3.8, 4) is 11.4 Å². The van der Waals surface area contributed by atoms with E-state index in [9.17, 15) is 9.18 Å². The first-order chi connectivity index (χ1) is 8.49. The van der Waals surface area contributed by atoms with Crippen LogP contribution in [0.15, 0.2) is 18.2 Å². The fourth-order valence-electron chi connectivity index (χ4n) is 1.65. The molecule has 1 heterocycles. The molecule has 2 N–H and O–H groups in total. The van der Waals surface area contributed by atoms with Crippen molar-refractivity contribution in [3.05, 3.63) is 40.4 Å². The molecular weight excluding hydrogens is 259 g/mol. The Balaban J connectivity index is 2.49. The summed E-state index contributed by atoms with van der Waals surface area (Å²) < 4.78 is 13.7. The monoisotopic (exact) mass is 268 g/mol. The molecule has 0 amide bonds. The van der Waals surface area contributed by atoms with Gasteiger partial charge in [0.2, 0.25) is 0 Å². The molecule has 0 saturated heterocycles. The van der Waals surface area contributed by atoms with Crippen molar-refractivity contribution in [2.75, 3.05) is 0 Å². The molecular formula is C12H10ClFN2O2. The SMILES string of the molecule is Cc1[nH]c(-c2c(F)cccc2Cl)nc1CC(=O)O. The lowest BCUT2D eigenvalue weighted by molar-refractivity contribution is -0.136. The fourth-order valence-corrected chi connectivity index (χ4v) is 1.91. The Morgan fingerprint density at radius 1 is 1.56 bits per heavy atom. The number of aryl methyl sites for hydroxylation is 1. The molecule has 0 bridgehead atoms. The molecule has 94 valence electrons. The number of H-pyrrole nitrogens is 1. The quantitative estimate of drug-likeness (QED) is 0.899. The van der Waals surface area contributed by atoms with Crippen LogP contribution in [0.4, 0.5) is 4.39 Å². The molecule has 0 fully saturated rings. The molecule has 0 aliphatic heterocycles. The summed E-state index contributed by atoms with van der Waals surface area (Å²) in [6.07, 6.45) is -0.214. The molecule has 0 radical (unpaired) electrons. The fraction of sp³-hybridized carbons (Fsp3) is 0.167. The van der Waals surface area contributed by atoms with Gasteiger partial charge < -0.3 is 10.1 Å². The smallest absolute Gasteiger partial charge is 0.309 e. The molecule has 0 unspecified atom stereocenters. The van der Waals surface area contributed by atoms with Crippen LogP contribution in [-0.4, -0.2) is 21.0 Å². The highest BCUT2D eigenvalue weighted by Crippen LogP contribution is 2.29. The molecule has 0 spiro atoms. The Kier molecular flexibility index (Phi) is 3.34. The van der Waals surface area contributed by atoms with Crippen molar-refractivity contribution in [1.29, 1.82) is 0 Å². The van der Waals surface area contributed by atoms with Gasteiger partial charge in [0.1, 0.15) is 11.6 Å². The lowest BCUT2D eigenvalue weighted by atomic mass is 10.2. The molecule has 2 aromatic rings. The average Bonchev–Trinajstić information content (AvgIpc) is 2.59. The van der Waals surface area contributed by atoms with Crippen molar-refractivity contribution in [1.82, 2.24) is 9.97 Å². The summed E-state index contributed by atoms with van der Waals surface area (Å²) in [5.74, 6) is -1.25. The standard InChI is InChI=1S/C12H10ClFN2O2/c1-6-9(5-10(17)18)16-12(15-6)11-7(13)3-2-4-8(11)14/h2-4H,5H2,1H3,(H,15,16)(H,17,18). The minimum atomic E-state index is -0.990. The molecule has 2 rings (SSSR count). The second kappa shape index (κ2) is 4.78. The van der Waals surface area contributed by atoms with E-state index in [4.69, 9.17) is 16.7 Å². The van der Waals surface area contributed by atoms with Gasteiger partial charge in [-0.25, -0.2) is 9.37 Å². The second-order valence-electron chi connectivity index (χ2n) is 3.82. The Hall–Kier alpha value is -1.88. The number of aromatic nitrogens is 2. The van der Waals surface area contributed by atoms with Gasteiger partial charge in [0.25, 0.3) is 0 Å². The van der Waals surface area contributed by atoms with Crippen LogP contribution in [-0.2, 0) is 11.2 Å². The first-order valence-corrected chi connectivity index (χ1v) is 5.58. The topological polar surface area (TPSA) is 66.0 Å². The summed E-state index contributed by atoms with van der Waals surface area (Å²) in [5.41, 5.74) is 1.11. The van der Waals surface area contributed by atoms with Crippen LogP contribution in [0.2, 0.25) is 5.02 Å². The third-order valence-corrected chi connectivity index (χ3v) is 2.82. The number of aromatic amines is 1. The van der Waals surface area contributed by atoms with Crippen molar-refractivity contribution < 1.29 is 14.3 Å². The van der Waals surface area contributed by atoms with Crippen LogP contribution in [0, 0.1) is 12.7 Å². The highest BCUT2D eigenvalue weighted by molar-refractivity contribution is 6.33. The lowest BCUT2D eigenvalue weighted by Gasteiger charge is -2.01. The number of hydrogen-bond acceptors (Lipinski definition) is 2. The lowest BCUT2D eigenvalue weighted by Crippen LogP contribution is -2.01. The molecule has 4 nitrogen and oxygen atoms in total. The third kappa shape index (κ3) is 2.36. The summed E-state index contributed by atoms with van der Waals surface area (Å²) in [6.45, 7) is 1.68. The Morgan fingerprint density at radius 3 is 2.89 bits per heavy atom. The molecule has 0 aliphatic carbocycles. The summed E-state index contributed by atoms with van der Waals surface area (Å²) >= 11 is 5.92. The Morgan fingerprint density at radius 2 is 2.28 bits per heavy atom. The van der Waals surface area contributed by atoms with Crippen LogP contribution in [0.5, 0.6) is 0 Å². The van der Waals surface area contributed by atoms with E-state index in [2.05, 4.69) is 9.97 Å². The normalized spacial score (nSPS) is 10.6. The highest BCUT2D eigenvalue weighted by atomic mass is 35.5. The van der Waals surface area contributed by atoms with Gasteiger partial charge in [0, 0.05) is 5.69 Å². The minimum Gasteiger partial charge on any atom is -0.481 e. The Bertz CT molecular complexity index is 590. The number of hydrogen-bond donors (Lipinski definition) is 2. The van der Waals surface area contributed by atoms with Crippen LogP contribution in [0.25, 0.3) is 11.4 Å². The van der Waals surface area contributed by atoms with Crippen LogP contribution in [0.1, 0.15) is 11.4 Å². The number of carboxylic acid groups (broad SMARTS) is 1. The zero-order valence-corrected chi connectivity index (χ0v) is 10.3. The van der Waals surface area contributed by atoms with E-state index in [1.54, 1.807) is 13.0 Å². The van der Waals surface area contributed by atoms with Gasteiger partial charge in [-0.05, 0) is 19.1 Å². The molecule has 6 heteroatoms. The van der Waals surface area contributed by atoms with Crippen molar-refractivity contribution in [2.24, 2.45) is 0 Å². The maximum absolute atomic E-state index is 13.7. The number of nitrogens with zero attached hydrogens (tertiary/aromatic N) is 1. The van der Waals surface area contributed by atoms with Gasteiger partial charge in [0.05, 0.1) is 22.7 Å². The van der Waals surface area contributed by atoms with Gasteiger partial charge in [-0.2, -0.15) is 0 Å². The first kappa shape index (κ1) is 12.6. The number of aliphatic carboxylic acids is 1. The van der Waals surface area contributed by atoms with Gasteiger partial charge in [-0.3, -0.25) is 4.79 Å². The van der Waals surface area contributed by atoms with Crippen LogP contribution >= 0.6 is 11.6 Å². The third-order valence-electron chi connectivity index (χ3n) is 2.50. The average molecular weight is 269 g/mol. The molecule has 1 aromatic heterocycles. The molecule has 0 saturated carbocycles. The van der Waals surface area contributed by atoms with E-state index in [1.165, 1.54) is 12.1 Å². The summed E-state index contributed by atoms with van der Waals surface area (Å²) in [4.78, 5) is 17.6. The van der Waals surface area contributed by atoms with E-state index in [0.29, 0.717) is 11.4 Å². The predicted octanol–water partition coefficient (Wildman–Crippen LogP) is 2.80. The number of benzene rings is 1. The number of rotatable bonds is 3. The van der Waals surface area contributed by atoms with Crippen molar-refractivity contribution in [3.63, 3.8) is 0 Å². The van der Waals surface area contributed by atoms with E-state index >= 15 is 0 Å². The molecule has 1 aromatic carbocycles. The van der Waals surface area contributed by atoms with E-state index < -0.39 is 11.8 Å². The van der Waals surface area contributed by atoms with E-state index in [1.807, 2.05) is 0 Å². The second-order valence-corrected chi connectivity index (χ2v) is 4.23. The number of halogens is 2. The van der Waals surface area contributed by atoms with Gasteiger partial charge in [-0.1, -0.05) is 17.7 Å². The van der Waals surface area contributed by atoms with Gasteiger partial charge >= 0.3 is 5.97 Å². The number of carboxylic acids is 1. The highest BCUT2D eigenvalue weighted by Gasteiger charge is 2.16. The summed E-state index contributed by atoms with van der Waals surface area (Å²) in [5, 5.41) is 8.95. The van der Waals surface area contributed by atoms with Crippen LogP contribution in [0.3, 0.4) is 0 Å². The van der Waals surface area contributed by atoms with Gasteiger partial charge in [0.15, 0.2) is 0 Å². The van der Waals surface area contributed by atoms with E-state index in [-0.39, 0.29) is 22.8 Å². The first-order valence-electron chi connectivity index (χ1n) is 5.20. The largest absolute Gasteiger partial charge is 0.481 e.